The molecule has 0 saturated heterocycles. The predicted molar refractivity (Wildman–Crippen MR) is 100 cm³/mol. The summed E-state index contributed by atoms with van der Waals surface area (Å²) in [7, 11) is 3.07. The van der Waals surface area contributed by atoms with E-state index in [1.54, 1.807) is 37.4 Å². The number of carbonyl (C=O) groups is 1. The van der Waals surface area contributed by atoms with Crippen LogP contribution in [0.1, 0.15) is 10.4 Å². The van der Waals surface area contributed by atoms with E-state index in [9.17, 15) is 4.79 Å². The first-order valence-electron chi connectivity index (χ1n) is 8.06. The molecule has 0 atom stereocenters. The summed E-state index contributed by atoms with van der Waals surface area (Å²) >= 11 is 0. The second-order valence-electron chi connectivity index (χ2n) is 5.43. The zero-order valence-electron chi connectivity index (χ0n) is 14.6. The molecule has 132 valence electrons. The molecule has 0 aliphatic rings. The Morgan fingerprint density at radius 2 is 1.50 bits per heavy atom. The second-order valence-corrected chi connectivity index (χ2v) is 5.43. The largest absolute Gasteiger partial charge is 0.497 e. The molecule has 5 heteroatoms. The van der Waals surface area contributed by atoms with Crippen LogP contribution in [0, 0.1) is 0 Å². The minimum Gasteiger partial charge on any atom is -0.497 e. The summed E-state index contributed by atoms with van der Waals surface area (Å²) in [6.07, 6.45) is 0. The number of para-hydroxylation sites is 3. The molecule has 0 saturated carbocycles. The minimum atomic E-state index is -0.315. The number of carbonyl (C=O) groups excluding carboxylic acids is 1. The van der Waals surface area contributed by atoms with Crippen molar-refractivity contribution in [3.8, 4) is 23.0 Å². The lowest BCUT2D eigenvalue weighted by Gasteiger charge is -2.14. The number of anilines is 1. The summed E-state index contributed by atoms with van der Waals surface area (Å²) in [5.74, 6) is 1.96. The second kappa shape index (κ2) is 8.07. The third-order valence-corrected chi connectivity index (χ3v) is 3.76. The van der Waals surface area contributed by atoms with Gasteiger partial charge >= 0.3 is 0 Å². The summed E-state index contributed by atoms with van der Waals surface area (Å²) in [4.78, 5) is 12.8. The maximum atomic E-state index is 12.8. The average molecular weight is 349 g/mol. The molecule has 3 aromatic carbocycles. The van der Waals surface area contributed by atoms with Gasteiger partial charge in [0.1, 0.15) is 17.2 Å². The number of nitrogens with one attached hydrogen (secondary N) is 1. The van der Waals surface area contributed by atoms with Crippen molar-refractivity contribution in [2.24, 2.45) is 0 Å². The van der Waals surface area contributed by atoms with Gasteiger partial charge in [-0.25, -0.2) is 0 Å². The summed E-state index contributed by atoms with van der Waals surface area (Å²) in [5, 5.41) is 2.87. The van der Waals surface area contributed by atoms with E-state index in [0.29, 0.717) is 34.2 Å². The van der Waals surface area contributed by atoms with Crippen molar-refractivity contribution in [2.75, 3.05) is 19.5 Å². The Balaban J connectivity index is 1.86. The van der Waals surface area contributed by atoms with E-state index >= 15 is 0 Å². The van der Waals surface area contributed by atoms with Crippen LogP contribution < -0.4 is 19.5 Å². The maximum absolute atomic E-state index is 12.8. The van der Waals surface area contributed by atoms with Crippen LogP contribution in [0.4, 0.5) is 5.69 Å². The third-order valence-electron chi connectivity index (χ3n) is 3.76. The van der Waals surface area contributed by atoms with Crippen molar-refractivity contribution in [3.63, 3.8) is 0 Å². The summed E-state index contributed by atoms with van der Waals surface area (Å²) in [6.45, 7) is 0. The Labute approximate surface area is 152 Å². The summed E-state index contributed by atoms with van der Waals surface area (Å²) in [5.41, 5.74) is 0.938. The van der Waals surface area contributed by atoms with E-state index in [1.807, 2.05) is 42.5 Å². The van der Waals surface area contributed by atoms with Crippen LogP contribution in [0.2, 0.25) is 0 Å². The smallest absolute Gasteiger partial charge is 0.259 e. The number of rotatable bonds is 6. The highest BCUT2D eigenvalue weighted by molar-refractivity contribution is 6.07. The van der Waals surface area contributed by atoms with Crippen LogP contribution in [0.15, 0.2) is 72.8 Å². The molecule has 0 radical (unpaired) electrons. The van der Waals surface area contributed by atoms with Crippen molar-refractivity contribution in [1.29, 1.82) is 0 Å². The van der Waals surface area contributed by atoms with Crippen molar-refractivity contribution in [2.45, 2.75) is 0 Å². The molecule has 0 fully saturated rings. The topological polar surface area (TPSA) is 56.8 Å². The van der Waals surface area contributed by atoms with Crippen molar-refractivity contribution in [3.05, 3.63) is 78.4 Å². The number of ether oxygens (including phenoxy) is 3. The molecule has 3 aromatic rings. The Kier molecular flexibility index (Phi) is 5.39. The van der Waals surface area contributed by atoms with Gasteiger partial charge in [-0.3, -0.25) is 4.79 Å². The maximum Gasteiger partial charge on any atom is 0.259 e. The minimum absolute atomic E-state index is 0.315. The van der Waals surface area contributed by atoms with Crippen LogP contribution in [0.5, 0.6) is 23.0 Å². The standard InChI is InChI=1S/C21H19NO4/c1-24-16-12-13-19(25-2)17(14-16)21(23)22-18-10-6-7-11-20(18)26-15-8-4-3-5-9-15/h3-14H,1-2H3,(H,22,23). The van der Waals surface area contributed by atoms with E-state index in [1.165, 1.54) is 7.11 Å². The van der Waals surface area contributed by atoms with Gasteiger partial charge in [-0.1, -0.05) is 30.3 Å². The molecular formula is C21H19NO4. The molecule has 0 aliphatic carbocycles. The van der Waals surface area contributed by atoms with Crippen LogP contribution in [-0.4, -0.2) is 20.1 Å². The van der Waals surface area contributed by atoms with Crippen molar-refractivity contribution >= 4 is 11.6 Å². The van der Waals surface area contributed by atoms with E-state index < -0.39 is 0 Å². The normalized spacial score (nSPS) is 10.1. The van der Waals surface area contributed by atoms with Crippen LogP contribution in [-0.2, 0) is 0 Å². The zero-order chi connectivity index (χ0) is 18.4. The van der Waals surface area contributed by atoms with Gasteiger partial charge < -0.3 is 19.5 Å². The van der Waals surface area contributed by atoms with E-state index in [4.69, 9.17) is 14.2 Å². The molecule has 26 heavy (non-hydrogen) atoms. The number of hydrogen-bond acceptors (Lipinski definition) is 4. The van der Waals surface area contributed by atoms with Crippen LogP contribution >= 0.6 is 0 Å². The first-order valence-corrected chi connectivity index (χ1v) is 8.06. The lowest BCUT2D eigenvalue weighted by atomic mass is 10.1. The molecule has 0 unspecified atom stereocenters. The van der Waals surface area contributed by atoms with E-state index in [2.05, 4.69) is 5.32 Å². The fourth-order valence-corrected chi connectivity index (χ4v) is 2.46. The predicted octanol–water partition coefficient (Wildman–Crippen LogP) is 4.75. The van der Waals surface area contributed by atoms with Gasteiger partial charge in [0.2, 0.25) is 0 Å². The summed E-state index contributed by atoms with van der Waals surface area (Å²) < 4.78 is 16.4. The summed E-state index contributed by atoms with van der Waals surface area (Å²) in [6, 6.07) is 21.7. The van der Waals surface area contributed by atoms with Gasteiger partial charge in [-0.05, 0) is 42.5 Å². The molecule has 0 bridgehead atoms. The van der Waals surface area contributed by atoms with Gasteiger partial charge in [0, 0.05) is 0 Å². The molecule has 0 aliphatic heterocycles. The fourth-order valence-electron chi connectivity index (χ4n) is 2.46. The van der Waals surface area contributed by atoms with Gasteiger partial charge in [0.25, 0.3) is 5.91 Å². The molecule has 0 aromatic heterocycles. The van der Waals surface area contributed by atoms with Gasteiger partial charge in [-0.15, -0.1) is 0 Å². The van der Waals surface area contributed by atoms with Crippen molar-refractivity contribution < 1.29 is 19.0 Å². The van der Waals surface area contributed by atoms with Gasteiger partial charge in [-0.2, -0.15) is 0 Å². The van der Waals surface area contributed by atoms with Gasteiger partial charge in [0.05, 0.1) is 25.5 Å². The molecule has 3 rings (SSSR count). The number of hydrogen-bond donors (Lipinski definition) is 1. The number of amides is 1. The first kappa shape index (κ1) is 17.4. The van der Waals surface area contributed by atoms with Crippen LogP contribution in [0.25, 0.3) is 0 Å². The molecule has 0 spiro atoms. The number of methoxy groups -OCH3 is 2. The zero-order valence-corrected chi connectivity index (χ0v) is 14.6. The highest BCUT2D eigenvalue weighted by atomic mass is 16.5. The van der Waals surface area contributed by atoms with E-state index in [-0.39, 0.29) is 5.91 Å². The molecular weight excluding hydrogens is 330 g/mol. The molecule has 0 heterocycles. The highest BCUT2D eigenvalue weighted by Gasteiger charge is 2.16. The monoisotopic (exact) mass is 349 g/mol. The Bertz CT molecular complexity index is 894. The Morgan fingerprint density at radius 3 is 2.23 bits per heavy atom. The Hall–Kier alpha value is -3.47. The third kappa shape index (κ3) is 3.95. The Morgan fingerprint density at radius 1 is 0.769 bits per heavy atom. The molecule has 1 amide bonds. The SMILES string of the molecule is COc1ccc(OC)c(C(=O)Nc2ccccc2Oc2ccccc2)c1. The van der Waals surface area contributed by atoms with E-state index in [0.717, 1.165) is 0 Å². The van der Waals surface area contributed by atoms with Gasteiger partial charge in [0.15, 0.2) is 5.75 Å². The fraction of sp³-hybridized carbons (Fsp3) is 0.0952. The quantitative estimate of drug-likeness (QED) is 0.698. The lowest BCUT2D eigenvalue weighted by Crippen LogP contribution is -2.14. The molecule has 1 N–H and O–H groups in total. The highest BCUT2D eigenvalue weighted by Crippen LogP contribution is 2.31. The number of benzene rings is 3. The first-order chi connectivity index (χ1) is 12.7. The molecule has 5 nitrogen and oxygen atoms in total. The lowest BCUT2D eigenvalue weighted by molar-refractivity contribution is 0.102. The average Bonchev–Trinajstić information content (AvgIpc) is 2.69. The van der Waals surface area contributed by atoms with Crippen molar-refractivity contribution in [1.82, 2.24) is 0 Å². The van der Waals surface area contributed by atoms with Crippen LogP contribution in [0.3, 0.4) is 0 Å².